The Bertz CT molecular complexity index is 347. The highest BCUT2D eigenvalue weighted by Gasteiger charge is 2.61. The van der Waals surface area contributed by atoms with E-state index in [9.17, 15) is 0 Å². The average molecular weight is 279 g/mol. The predicted molar refractivity (Wildman–Crippen MR) is 83.5 cm³/mol. The summed E-state index contributed by atoms with van der Waals surface area (Å²) >= 11 is 0. The van der Waals surface area contributed by atoms with E-state index in [4.69, 9.17) is 10.5 Å². The maximum absolute atomic E-state index is 6.41. The van der Waals surface area contributed by atoms with Gasteiger partial charge in [-0.2, -0.15) is 0 Å². The summed E-state index contributed by atoms with van der Waals surface area (Å²) in [6.45, 7) is 8.15. The molecule has 2 N–H and O–H groups in total. The lowest BCUT2D eigenvalue weighted by molar-refractivity contribution is -0.0558. The third-order valence-corrected chi connectivity index (χ3v) is 7.46. The van der Waals surface area contributed by atoms with Gasteiger partial charge in [-0.25, -0.2) is 0 Å². The smallest absolute Gasteiger partial charge is 0.0637 e. The van der Waals surface area contributed by atoms with E-state index in [2.05, 4.69) is 20.8 Å². The maximum Gasteiger partial charge on any atom is 0.0637 e. The molecule has 2 bridgehead atoms. The summed E-state index contributed by atoms with van der Waals surface area (Å²) in [5, 5.41) is 0. The van der Waals surface area contributed by atoms with Crippen molar-refractivity contribution in [1.29, 1.82) is 0 Å². The molecule has 0 aromatic carbocycles. The van der Waals surface area contributed by atoms with Crippen LogP contribution in [0.15, 0.2) is 0 Å². The van der Waals surface area contributed by atoms with E-state index in [0.717, 1.165) is 12.5 Å². The molecule has 2 heteroatoms. The minimum absolute atomic E-state index is 0.265. The molecule has 20 heavy (non-hydrogen) atoms. The van der Waals surface area contributed by atoms with Gasteiger partial charge in [0.25, 0.3) is 0 Å². The Morgan fingerprint density at radius 1 is 1.10 bits per heavy atom. The van der Waals surface area contributed by atoms with E-state index in [1.54, 1.807) is 0 Å². The number of fused-ring (bicyclic) bond motifs is 2. The van der Waals surface area contributed by atoms with Crippen LogP contribution in [0, 0.1) is 22.7 Å². The lowest BCUT2D eigenvalue weighted by atomic mass is 9.70. The van der Waals surface area contributed by atoms with Crippen molar-refractivity contribution in [3.8, 4) is 0 Å². The van der Waals surface area contributed by atoms with Crippen LogP contribution in [0.25, 0.3) is 0 Å². The zero-order valence-corrected chi connectivity index (χ0v) is 13.7. The molecule has 116 valence electrons. The van der Waals surface area contributed by atoms with Gasteiger partial charge in [0.2, 0.25) is 0 Å². The number of rotatable bonds is 4. The zero-order chi connectivity index (χ0) is 14.4. The fourth-order valence-electron chi connectivity index (χ4n) is 5.31. The second-order valence-electron chi connectivity index (χ2n) is 8.49. The Morgan fingerprint density at radius 2 is 1.80 bits per heavy atom. The summed E-state index contributed by atoms with van der Waals surface area (Å²) in [6.07, 6.45) is 11.2. The van der Waals surface area contributed by atoms with Crippen LogP contribution in [-0.4, -0.2) is 18.8 Å². The molecular weight excluding hydrogens is 246 g/mol. The molecule has 3 aliphatic carbocycles. The highest BCUT2D eigenvalue weighted by atomic mass is 16.5. The molecule has 0 aromatic heterocycles. The SMILES string of the molecule is CC1(C)C2CCC1(C)C(OCC(N)C1CCCCC1)C2. The molecule has 3 fully saturated rings. The van der Waals surface area contributed by atoms with Gasteiger partial charge in [0.05, 0.1) is 12.7 Å². The Kier molecular flexibility index (Phi) is 3.92. The Hall–Kier alpha value is -0.0800. The normalized spacial score (nSPS) is 42.0. The summed E-state index contributed by atoms with van der Waals surface area (Å²) in [5.41, 5.74) is 7.24. The van der Waals surface area contributed by atoms with Gasteiger partial charge in [-0.1, -0.05) is 40.0 Å². The molecule has 0 heterocycles. The maximum atomic E-state index is 6.41. The molecule has 3 saturated carbocycles. The van der Waals surface area contributed by atoms with Crippen molar-refractivity contribution in [2.75, 3.05) is 6.61 Å². The molecule has 3 aliphatic rings. The Morgan fingerprint density at radius 3 is 2.35 bits per heavy atom. The highest BCUT2D eigenvalue weighted by molar-refractivity contribution is 5.11. The van der Waals surface area contributed by atoms with Crippen LogP contribution in [0.3, 0.4) is 0 Å². The Balaban J connectivity index is 1.54. The molecule has 0 aliphatic heterocycles. The number of nitrogens with two attached hydrogens (primary N) is 1. The number of hydrogen-bond donors (Lipinski definition) is 1. The van der Waals surface area contributed by atoms with E-state index < -0.39 is 0 Å². The van der Waals surface area contributed by atoms with E-state index in [1.165, 1.54) is 51.4 Å². The lowest BCUT2D eigenvalue weighted by Gasteiger charge is -2.39. The van der Waals surface area contributed by atoms with Gasteiger partial charge in [0.1, 0.15) is 0 Å². The van der Waals surface area contributed by atoms with Crippen LogP contribution < -0.4 is 5.73 Å². The van der Waals surface area contributed by atoms with Crippen molar-refractivity contribution < 1.29 is 4.74 Å². The summed E-state index contributed by atoms with van der Waals surface area (Å²) in [6, 6.07) is 0.265. The minimum atomic E-state index is 0.265. The standard InChI is InChI=1S/C18H33NO/c1-17(2)14-9-10-18(17,3)16(11-14)20-12-15(19)13-7-5-4-6-8-13/h13-16H,4-12,19H2,1-3H3. The third-order valence-electron chi connectivity index (χ3n) is 7.46. The zero-order valence-electron chi connectivity index (χ0n) is 13.7. The molecule has 0 radical (unpaired) electrons. The van der Waals surface area contributed by atoms with Gasteiger partial charge in [-0.05, 0) is 54.8 Å². The summed E-state index contributed by atoms with van der Waals surface area (Å²) in [4.78, 5) is 0. The first-order valence-electron chi connectivity index (χ1n) is 8.82. The largest absolute Gasteiger partial charge is 0.376 e. The van der Waals surface area contributed by atoms with E-state index in [1.807, 2.05) is 0 Å². The monoisotopic (exact) mass is 279 g/mol. The summed E-state index contributed by atoms with van der Waals surface area (Å²) < 4.78 is 6.37. The van der Waals surface area contributed by atoms with Crippen molar-refractivity contribution in [1.82, 2.24) is 0 Å². The van der Waals surface area contributed by atoms with E-state index in [-0.39, 0.29) is 6.04 Å². The van der Waals surface area contributed by atoms with Gasteiger partial charge < -0.3 is 10.5 Å². The molecule has 0 aromatic rings. The second kappa shape index (κ2) is 5.28. The van der Waals surface area contributed by atoms with Gasteiger partial charge >= 0.3 is 0 Å². The molecule has 0 saturated heterocycles. The van der Waals surface area contributed by atoms with Crippen molar-refractivity contribution in [3.05, 3.63) is 0 Å². The minimum Gasteiger partial charge on any atom is -0.376 e. The van der Waals surface area contributed by atoms with E-state index >= 15 is 0 Å². The second-order valence-corrected chi connectivity index (χ2v) is 8.49. The van der Waals surface area contributed by atoms with Gasteiger partial charge in [-0.3, -0.25) is 0 Å². The van der Waals surface area contributed by atoms with E-state index in [0.29, 0.717) is 22.9 Å². The first kappa shape index (κ1) is 14.8. The fourth-order valence-corrected chi connectivity index (χ4v) is 5.31. The molecular formula is C18H33NO. The van der Waals surface area contributed by atoms with Crippen LogP contribution in [0.2, 0.25) is 0 Å². The fraction of sp³-hybridized carbons (Fsp3) is 1.00. The predicted octanol–water partition coefficient (Wildman–Crippen LogP) is 4.13. The molecule has 0 amide bonds. The average Bonchev–Trinajstić information content (AvgIpc) is 2.78. The molecule has 3 rings (SSSR count). The van der Waals surface area contributed by atoms with Gasteiger partial charge in [0, 0.05) is 6.04 Å². The molecule has 2 nitrogen and oxygen atoms in total. The quantitative estimate of drug-likeness (QED) is 0.840. The molecule has 4 atom stereocenters. The van der Waals surface area contributed by atoms with Crippen molar-refractivity contribution in [3.63, 3.8) is 0 Å². The lowest BCUT2D eigenvalue weighted by Crippen LogP contribution is -2.42. The number of ether oxygens (including phenoxy) is 1. The van der Waals surface area contributed by atoms with Crippen LogP contribution in [0.5, 0.6) is 0 Å². The van der Waals surface area contributed by atoms with Crippen molar-refractivity contribution in [2.45, 2.75) is 84.3 Å². The van der Waals surface area contributed by atoms with Gasteiger partial charge in [0.15, 0.2) is 0 Å². The number of hydrogen-bond acceptors (Lipinski definition) is 2. The molecule has 0 spiro atoms. The van der Waals surface area contributed by atoms with Crippen molar-refractivity contribution >= 4 is 0 Å². The Labute approximate surface area is 124 Å². The van der Waals surface area contributed by atoms with Crippen LogP contribution in [0.4, 0.5) is 0 Å². The van der Waals surface area contributed by atoms with Crippen LogP contribution >= 0.6 is 0 Å². The molecule has 4 unspecified atom stereocenters. The first-order valence-corrected chi connectivity index (χ1v) is 8.82. The van der Waals surface area contributed by atoms with Crippen molar-refractivity contribution in [2.24, 2.45) is 28.4 Å². The highest BCUT2D eigenvalue weighted by Crippen LogP contribution is 2.66. The van der Waals surface area contributed by atoms with Gasteiger partial charge in [-0.15, -0.1) is 0 Å². The first-order chi connectivity index (χ1) is 9.45. The van der Waals surface area contributed by atoms with Crippen LogP contribution in [-0.2, 0) is 4.74 Å². The summed E-state index contributed by atoms with van der Waals surface area (Å²) in [7, 11) is 0. The summed E-state index contributed by atoms with van der Waals surface area (Å²) in [5.74, 6) is 1.58. The topological polar surface area (TPSA) is 35.2 Å². The van der Waals surface area contributed by atoms with Crippen LogP contribution in [0.1, 0.15) is 72.1 Å². The third kappa shape index (κ3) is 2.23.